The van der Waals surface area contributed by atoms with Gasteiger partial charge in [0, 0.05) is 10.5 Å². The van der Waals surface area contributed by atoms with Crippen molar-refractivity contribution in [1.29, 1.82) is 0 Å². The second-order valence-corrected chi connectivity index (χ2v) is 5.77. The van der Waals surface area contributed by atoms with E-state index in [4.69, 9.17) is 23.8 Å². The van der Waals surface area contributed by atoms with Crippen LogP contribution in [0, 0.1) is 16.4 Å². The summed E-state index contributed by atoms with van der Waals surface area (Å²) in [6.07, 6.45) is 0. The molecule has 20 heavy (non-hydrogen) atoms. The summed E-state index contributed by atoms with van der Waals surface area (Å²) in [4.78, 5) is 2.84. The molecule has 0 amide bonds. The van der Waals surface area contributed by atoms with E-state index in [9.17, 15) is 8.78 Å². The number of benzene rings is 2. The Hall–Kier alpha value is -1.24. The number of nitrogens with one attached hydrogen (secondary N) is 1. The van der Waals surface area contributed by atoms with Gasteiger partial charge in [-0.25, -0.2) is 8.78 Å². The molecule has 102 valence electrons. The van der Waals surface area contributed by atoms with Gasteiger partial charge in [0.15, 0.2) is 4.77 Å². The van der Waals surface area contributed by atoms with E-state index in [-0.39, 0.29) is 15.5 Å². The summed E-state index contributed by atoms with van der Waals surface area (Å²) in [6.45, 7) is 0. The minimum Gasteiger partial charge on any atom is -0.330 e. The molecule has 0 aliphatic rings. The van der Waals surface area contributed by atoms with Gasteiger partial charge < -0.3 is 4.98 Å². The lowest BCUT2D eigenvalue weighted by atomic mass is 10.2. The summed E-state index contributed by atoms with van der Waals surface area (Å²) >= 11 is 14.3. The number of aromatic nitrogens is 2. The second-order valence-electron chi connectivity index (χ2n) is 4.12. The van der Waals surface area contributed by atoms with Crippen LogP contribution in [0.2, 0.25) is 5.02 Å². The summed E-state index contributed by atoms with van der Waals surface area (Å²) in [5.41, 5.74) is 1.21. The highest BCUT2D eigenvalue weighted by Crippen LogP contribution is 2.30. The SMILES string of the molecule is Fc1cc2[nH]c(=S)n(-c3c(F)cccc3Br)c2cc1Cl. The highest BCUT2D eigenvalue weighted by atomic mass is 79.9. The lowest BCUT2D eigenvalue weighted by Crippen LogP contribution is -1.99. The molecule has 0 saturated carbocycles. The molecule has 0 unspecified atom stereocenters. The van der Waals surface area contributed by atoms with Gasteiger partial charge in [-0.15, -0.1) is 0 Å². The number of halogens is 4. The number of fused-ring (bicyclic) bond motifs is 1. The largest absolute Gasteiger partial charge is 0.330 e. The van der Waals surface area contributed by atoms with Crippen LogP contribution < -0.4 is 0 Å². The molecule has 0 aliphatic carbocycles. The van der Waals surface area contributed by atoms with Gasteiger partial charge in [0.05, 0.1) is 21.7 Å². The third-order valence-corrected chi connectivity index (χ3v) is 4.10. The van der Waals surface area contributed by atoms with Gasteiger partial charge in [-0.2, -0.15) is 0 Å². The molecular formula is C13H6BrClF2N2S. The predicted molar refractivity (Wildman–Crippen MR) is 81.1 cm³/mol. The monoisotopic (exact) mass is 374 g/mol. The number of hydrogen-bond donors (Lipinski definition) is 1. The topological polar surface area (TPSA) is 20.7 Å². The number of rotatable bonds is 1. The minimum absolute atomic E-state index is 0.0484. The second kappa shape index (κ2) is 4.95. The van der Waals surface area contributed by atoms with Gasteiger partial charge in [0.1, 0.15) is 11.6 Å². The van der Waals surface area contributed by atoms with Gasteiger partial charge in [0.25, 0.3) is 0 Å². The first-order valence-electron chi connectivity index (χ1n) is 5.53. The molecule has 0 atom stereocenters. The van der Waals surface area contributed by atoms with Gasteiger partial charge in [0.2, 0.25) is 0 Å². The zero-order valence-electron chi connectivity index (χ0n) is 9.75. The summed E-state index contributed by atoms with van der Waals surface area (Å²) in [5, 5.41) is -0.0484. The molecule has 0 radical (unpaired) electrons. The Morgan fingerprint density at radius 1 is 1.20 bits per heavy atom. The van der Waals surface area contributed by atoms with Crippen LogP contribution in [0.25, 0.3) is 16.7 Å². The Morgan fingerprint density at radius 2 is 1.95 bits per heavy atom. The van der Waals surface area contributed by atoms with Crippen LogP contribution in [0.5, 0.6) is 0 Å². The van der Waals surface area contributed by atoms with Gasteiger partial charge in [-0.3, -0.25) is 4.57 Å². The van der Waals surface area contributed by atoms with Crippen molar-refractivity contribution in [2.24, 2.45) is 0 Å². The highest BCUT2D eigenvalue weighted by molar-refractivity contribution is 9.10. The fourth-order valence-corrected chi connectivity index (χ4v) is 3.00. The lowest BCUT2D eigenvalue weighted by Gasteiger charge is -2.08. The van der Waals surface area contributed by atoms with Crippen LogP contribution in [0.1, 0.15) is 0 Å². The number of imidazole rings is 1. The Morgan fingerprint density at radius 3 is 2.65 bits per heavy atom. The van der Waals surface area contributed by atoms with Crippen molar-refractivity contribution in [2.75, 3.05) is 0 Å². The summed E-state index contributed by atoms with van der Waals surface area (Å²) < 4.78 is 29.8. The van der Waals surface area contributed by atoms with Crippen molar-refractivity contribution < 1.29 is 8.78 Å². The molecular weight excluding hydrogens is 370 g/mol. The number of hydrogen-bond acceptors (Lipinski definition) is 1. The fourth-order valence-electron chi connectivity index (χ4n) is 2.03. The Kier molecular flexibility index (Phi) is 3.40. The molecule has 3 rings (SSSR count). The van der Waals surface area contributed by atoms with Crippen molar-refractivity contribution in [1.82, 2.24) is 9.55 Å². The average molecular weight is 376 g/mol. The number of H-pyrrole nitrogens is 1. The first-order valence-corrected chi connectivity index (χ1v) is 7.11. The molecule has 0 fully saturated rings. The Balaban J connectivity index is 2.46. The molecule has 0 bridgehead atoms. The number of aromatic amines is 1. The third-order valence-electron chi connectivity index (χ3n) is 2.89. The molecule has 1 heterocycles. The van der Waals surface area contributed by atoms with Gasteiger partial charge in [-0.05, 0) is 46.3 Å². The molecule has 1 aromatic heterocycles. The maximum Gasteiger partial charge on any atom is 0.182 e. The zero-order valence-corrected chi connectivity index (χ0v) is 12.9. The first-order chi connectivity index (χ1) is 9.49. The number of para-hydroxylation sites is 1. The Labute approximate surface area is 131 Å². The Bertz CT molecular complexity index is 868. The zero-order chi connectivity index (χ0) is 14.4. The van der Waals surface area contributed by atoms with E-state index in [1.807, 2.05) is 0 Å². The summed E-state index contributed by atoms with van der Waals surface area (Å²) in [5.74, 6) is -1.01. The minimum atomic E-state index is -0.560. The van der Waals surface area contributed by atoms with E-state index in [0.717, 1.165) is 0 Å². The van der Waals surface area contributed by atoms with E-state index in [2.05, 4.69) is 20.9 Å². The molecule has 1 N–H and O–H groups in total. The van der Waals surface area contributed by atoms with E-state index >= 15 is 0 Å². The van der Waals surface area contributed by atoms with Crippen LogP contribution >= 0.6 is 39.7 Å². The molecule has 0 aliphatic heterocycles. The van der Waals surface area contributed by atoms with Crippen molar-refractivity contribution in [3.63, 3.8) is 0 Å². The lowest BCUT2D eigenvalue weighted by molar-refractivity contribution is 0.617. The quantitative estimate of drug-likeness (QED) is 0.566. The molecule has 3 aromatic rings. The van der Waals surface area contributed by atoms with Crippen LogP contribution in [0.3, 0.4) is 0 Å². The van der Waals surface area contributed by atoms with Crippen LogP contribution in [-0.2, 0) is 0 Å². The summed E-state index contributed by atoms with van der Waals surface area (Å²) in [6, 6.07) is 7.25. The normalized spacial score (nSPS) is 11.2. The van der Waals surface area contributed by atoms with Crippen molar-refractivity contribution in [3.05, 3.63) is 56.2 Å². The fraction of sp³-hybridized carbons (Fsp3) is 0. The van der Waals surface area contributed by atoms with E-state index in [1.165, 1.54) is 22.8 Å². The predicted octanol–water partition coefficient (Wildman–Crippen LogP) is 5.38. The molecule has 0 saturated heterocycles. The van der Waals surface area contributed by atoms with E-state index < -0.39 is 11.6 Å². The maximum atomic E-state index is 14.1. The van der Waals surface area contributed by atoms with Gasteiger partial charge >= 0.3 is 0 Å². The highest BCUT2D eigenvalue weighted by Gasteiger charge is 2.15. The van der Waals surface area contributed by atoms with Crippen LogP contribution in [-0.4, -0.2) is 9.55 Å². The van der Waals surface area contributed by atoms with E-state index in [0.29, 0.717) is 15.5 Å². The summed E-state index contributed by atoms with van der Waals surface area (Å²) in [7, 11) is 0. The smallest absolute Gasteiger partial charge is 0.182 e. The molecule has 2 aromatic carbocycles. The van der Waals surface area contributed by atoms with Gasteiger partial charge in [-0.1, -0.05) is 17.7 Å². The molecule has 7 heteroatoms. The van der Waals surface area contributed by atoms with E-state index in [1.54, 1.807) is 12.1 Å². The molecule has 2 nitrogen and oxygen atoms in total. The molecule has 0 spiro atoms. The standard InChI is InChI=1S/C13H6BrClF2N2S/c14-6-2-1-3-8(16)12(6)19-11-4-7(15)9(17)5-10(11)18-13(19)20/h1-5H,(H,18,20). The maximum absolute atomic E-state index is 14.1. The van der Waals surface area contributed by atoms with Crippen molar-refractivity contribution >= 4 is 50.8 Å². The average Bonchev–Trinajstić information content (AvgIpc) is 2.67. The van der Waals surface area contributed by atoms with Crippen LogP contribution in [0.15, 0.2) is 34.8 Å². The third kappa shape index (κ3) is 2.08. The van der Waals surface area contributed by atoms with Crippen molar-refractivity contribution in [3.8, 4) is 5.69 Å². The van der Waals surface area contributed by atoms with Crippen molar-refractivity contribution in [2.45, 2.75) is 0 Å². The first kappa shape index (κ1) is 13.7. The van der Waals surface area contributed by atoms with Crippen LogP contribution in [0.4, 0.5) is 8.78 Å². The number of nitrogens with zero attached hydrogens (tertiary/aromatic N) is 1.